The van der Waals surface area contributed by atoms with Gasteiger partial charge in [0.25, 0.3) is 0 Å². The van der Waals surface area contributed by atoms with E-state index in [0.717, 1.165) is 17.5 Å². The molecular weight excluding hydrogens is 1010 g/mol. The van der Waals surface area contributed by atoms with Gasteiger partial charge in [-0.05, 0) is 126 Å². The lowest BCUT2D eigenvalue weighted by Gasteiger charge is -2.29. The van der Waals surface area contributed by atoms with Crippen molar-refractivity contribution in [3.05, 3.63) is 131 Å². The summed E-state index contributed by atoms with van der Waals surface area (Å²) in [7, 11) is 7.76. The van der Waals surface area contributed by atoms with Crippen molar-refractivity contribution < 1.29 is 50.6 Å². The Morgan fingerprint density at radius 1 is 0.620 bits per heavy atom. The van der Waals surface area contributed by atoms with Gasteiger partial charge in [0.1, 0.15) is 0 Å². The number of rotatable bonds is 19. The fourth-order valence-electron chi connectivity index (χ4n) is 7.99. The number of carbonyl (C=O) groups excluding carboxylic acids is 3. The van der Waals surface area contributed by atoms with Crippen LogP contribution in [0.25, 0.3) is 0 Å². The minimum atomic E-state index is -4.39. The highest BCUT2D eigenvalue weighted by Gasteiger charge is 2.68. The molecule has 4 atom stereocenters. The van der Waals surface area contributed by atoms with Crippen LogP contribution in [0.15, 0.2) is 97.3 Å². The predicted octanol–water partition coefficient (Wildman–Crippen LogP) is 6.94. The molecule has 396 valence electrons. The number of nitrogens with two attached hydrogens (primary N) is 3. The minimum Gasteiger partial charge on any atom is -0.481 e. The number of carbonyl (C=O) groups is 4. The number of aromatic nitrogens is 2. The van der Waals surface area contributed by atoms with Crippen molar-refractivity contribution in [2.45, 2.75) is 87.6 Å². The molecule has 2 saturated carbocycles. The van der Waals surface area contributed by atoms with Crippen LogP contribution in [-0.2, 0) is 22.4 Å². The summed E-state index contributed by atoms with van der Waals surface area (Å²) < 4.78 is 80.7. The highest BCUT2D eigenvalue weighted by molar-refractivity contribution is 7.59. The summed E-state index contributed by atoms with van der Waals surface area (Å²) in [6.45, 7) is 0.891. The number of halogens is 6. The Bertz CT molecular complexity index is 2240. The number of nitrogens with one attached hydrogen (secondary N) is 1. The van der Waals surface area contributed by atoms with Crippen LogP contribution in [-0.4, -0.2) is 114 Å². The molecule has 0 aliphatic heterocycles. The van der Waals surface area contributed by atoms with Crippen molar-refractivity contribution in [3.8, 4) is 0 Å². The fraction of sp³-hybridized carbons (Fsp3) is 0.458. The zero-order chi connectivity index (χ0) is 49.7. The summed E-state index contributed by atoms with van der Waals surface area (Å²) in [6.07, 6.45) is -5.32. The minimum absolute atomic E-state index is 0. The van der Waals surface area contributed by atoms with Crippen molar-refractivity contribution >= 4 is 77.7 Å². The summed E-state index contributed by atoms with van der Waals surface area (Å²) >= 11 is 0. The predicted molar refractivity (Wildman–Crippen MR) is 282 cm³/mol. The molecule has 2 heterocycles. The molecule has 0 bridgehead atoms. The molecule has 71 heavy (non-hydrogen) atoms. The van der Waals surface area contributed by atoms with Gasteiger partial charge in [-0.2, -0.15) is 80.3 Å². The van der Waals surface area contributed by atoms with E-state index in [1.54, 1.807) is 66.7 Å². The molecular formula is C48H68F6N8O5S4. The van der Waals surface area contributed by atoms with Crippen molar-refractivity contribution in [1.82, 2.24) is 25.1 Å². The van der Waals surface area contributed by atoms with Gasteiger partial charge in [-0.1, -0.05) is 36.4 Å². The first kappa shape index (κ1) is 66.5. The number of aliphatic carboxylic acids is 1. The van der Waals surface area contributed by atoms with E-state index in [1.165, 1.54) is 18.5 Å². The number of alkyl halides is 6. The number of carboxylic acid groups (broad SMARTS) is 1. The van der Waals surface area contributed by atoms with Gasteiger partial charge in [0, 0.05) is 78.3 Å². The standard InChI is InChI=1S/C24H29F3N4O2.C12H12F3NO2.C12H19N3O.4H2S/c1-31(2)18(13-16-6-8-17(9-7-16)22(28)33)15-30-21(32)14-19(20-5-3-4-12-29-20)23(10-11-23)24(25,26)27;13-12(14,15)11(4-5-11)8(7-10(17)18)9-3-1-2-6-16-9;1-15(2)11(8-13)7-9-3-5-10(6-4-9)12(14)16;;;;/h3-9,12,18-19H,10-11,13-15H2,1-2H3,(H2,28,33)(H,30,32);1-3,6,8H,4-5,7H2,(H,17,18);3-6,11H,7-8,13H2,1-2H3,(H2,14,16);4*1H2/t18-,19+;8-;11-;;;;/m010..../s1. The van der Waals surface area contributed by atoms with Gasteiger partial charge in [0.05, 0.1) is 17.3 Å². The van der Waals surface area contributed by atoms with Crippen molar-refractivity contribution in [3.63, 3.8) is 0 Å². The fourth-order valence-corrected chi connectivity index (χ4v) is 7.99. The highest BCUT2D eigenvalue weighted by Crippen LogP contribution is 2.67. The zero-order valence-electron chi connectivity index (χ0n) is 40.0. The largest absolute Gasteiger partial charge is 0.481 e. The van der Waals surface area contributed by atoms with Crippen LogP contribution in [0.1, 0.15) is 93.6 Å². The Balaban J connectivity index is 0.00000110. The maximum atomic E-state index is 13.8. The molecule has 3 amide bonds. The molecule has 13 nitrogen and oxygen atoms in total. The molecule has 23 heteroatoms. The molecule has 0 radical (unpaired) electrons. The lowest BCUT2D eigenvalue weighted by atomic mass is 9.82. The summed E-state index contributed by atoms with van der Waals surface area (Å²) in [6, 6.07) is 23.9. The molecule has 0 spiro atoms. The van der Waals surface area contributed by atoms with E-state index in [0.29, 0.717) is 35.8 Å². The van der Waals surface area contributed by atoms with Gasteiger partial charge in [-0.15, -0.1) is 0 Å². The number of benzene rings is 2. The second-order valence-corrected chi connectivity index (χ2v) is 17.5. The molecule has 0 unspecified atom stereocenters. The number of carboxylic acids is 1. The number of amides is 3. The molecule has 2 aliphatic carbocycles. The number of primary amides is 2. The Kier molecular flexibility index (Phi) is 27.4. The lowest BCUT2D eigenvalue weighted by Crippen LogP contribution is -2.42. The molecule has 8 N–H and O–H groups in total. The summed E-state index contributed by atoms with van der Waals surface area (Å²) in [4.78, 5) is 57.7. The Hall–Kier alpha value is -4.52. The van der Waals surface area contributed by atoms with Crippen molar-refractivity contribution in [1.29, 1.82) is 0 Å². The van der Waals surface area contributed by atoms with Crippen LogP contribution in [0.4, 0.5) is 26.3 Å². The number of pyridine rings is 2. The summed E-state index contributed by atoms with van der Waals surface area (Å²) in [5, 5.41) is 11.6. The Morgan fingerprint density at radius 2 is 0.986 bits per heavy atom. The van der Waals surface area contributed by atoms with Gasteiger partial charge in [-0.3, -0.25) is 29.1 Å². The first-order valence-electron chi connectivity index (χ1n) is 21.7. The van der Waals surface area contributed by atoms with Crippen LogP contribution in [0.2, 0.25) is 0 Å². The van der Waals surface area contributed by atoms with Gasteiger partial charge in [-0.25, -0.2) is 0 Å². The third-order valence-electron chi connectivity index (χ3n) is 12.6. The first-order chi connectivity index (χ1) is 31.4. The second kappa shape index (κ2) is 29.2. The maximum Gasteiger partial charge on any atom is 0.395 e. The van der Waals surface area contributed by atoms with Gasteiger partial charge >= 0.3 is 18.3 Å². The van der Waals surface area contributed by atoms with E-state index >= 15 is 0 Å². The van der Waals surface area contributed by atoms with E-state index in [2.05, 4.69) is 20.2 Å². The zero-order valence-corrected chi connectivity index (χ0v) is 44.0. The molecule has 6 rings (SSSR count). The Labute approximate surface area is 439 Å². The molecule has 2 aromatic carbocycles. The number of hydrogen-bond donors (Lipinski definition) is 5. The average molecular weight is 1080 g/mol. The molecule has 2 aromatic heterocycles. The van der Waals surface area contributed by atoms with Crippen LogP contribution in [0, 0.1) is 10.8 Å². The third kappa shape index (κ3) is 18.8. The average Bonchev–Trinajstić information content (AvgIpc) is 4.22. The van der Waals surface area contributed by atoms with Gasteiger partial charge in [0.2, 0.25) is 17.7 Å². The van der Waals surface area contributed by atoms with Crippen molar-refractivity contribution in [2.75, 3.05) is 41.3 Å². The monoisotopic (exact) mass is 1080 g/mol. The third-order valence-corrected chi connectivity index (χ3v) is 12.6. The van der Waals surface area contributed by atoms with Crippen LogP contribution >= 0.6 is 54.0 Å². The normalized spacial score (nSPS) is 15.6. The van der Waals surface area contributed by atoms with E-state index in [4.69, 9.17) is 22.3 Å². The second-order valence-electron chi connectivity index (χ2n) is 17.5. The van der Waals surface area contributed by atoms with Gasteiger partial charge < -0.3 is 37.4 Å². The molecule has 4 aromatic rings. The lowest BCUT2D eigenvalue weighted by molar-refractivity contribution is -0.196. The molecule has 2 fully saturated rings. The van der Waals surface area contributed by atoms with Crippen molar-refractivity contribution in [2.24, 2.45) is 28.0 Å². The van der Waals surface area contributed by atoms with E-state index in [-0.39, 0.29) is 104 Å². The van der Waals surface area contributed by atoms with E-state index in [1.807, 2.05) is 45.2 Å². The van der Waals surface area contributed by atoms with Crippen LogP contribution in [0.3, 0.4) is 0 Å². The summed E-state index contributed by atoms with van der Waals surface area (Å²) in [5.41, 5.74) is 15.9. The quantitative estimate of drug-likeness (QED) is 0.0611. The Morgan fingerprint density at radius 3 is 1.27 bits per heavy atom. The maximum absolute atomic E-state index is 13.8. The summed E-state index contributed by atoms with van der Waals surface area (Å²) in [5.74, 6) is -4.69. The van der Waals surface area contributed by atoms with E-state index in [9.17, 15) is 45.5 Å². The van der Waals surface area contributed by atoms with Gasteiger partial charge in [0.15, 0.2) is 0 Å². The SMILES string of the molecule is CN(C)[C@H](CN)Cc1ccc(C(N)=O)cc1.CN(C)[C@H](CNC(=O)C[C@H](c1ccccn1)C1(C(F)(F)F)CC1)Cc1ccc(C(N)=O)cc1.O=C(O)C[C@H](c1ccccn1)C1(C(F)(F)F)CC1.S.S.S.S. The molecule has 0 saturated heterocycles. The highest BCUT2D eigenvalue weighted by atomic mass is 32.1. The number of hydrogen-bond acceptors (Lipinski definition) is 9. The first-order valence-corrected chi connectivity index (χ1v) is 21.7. The van der Waals surface area contributed by atoms with E-state index < -0.39 is 65.1 Å². The number of nitrogens with zero attached hydrogens (tertiary/aromatic N) is 4. The van der Waals surface area contributed by atoms with Crippen LogP contribution in [0.5, 0.6) is 0 Å². The van der Waals surface area contributed by atoms with Crippen LogP contribution < -0.4 is 22.5 Å². The smallest absolute Gasteiger partial charge is 0.395 e. The topological polar surface area (TPSA) is 211 Å². The number of likely N-dealkylation sites (N-methyl/N-ethyl adjacent to an activating group) is 2. The molecule has 2 aliphatic rings.